The second-order valence-electron chi connectivity index (χ2n) is 6.96. The van der Waals surface area contributed by atoms with Gasteiger partial charge >= 0.3 is 0 Å². The van der Waals surface area contributed by atoms with Crippen molar-refractivity contribution in [3.8, 4) is 0 Å². The average Bonchev–Trinajstić information content (AvgIpc) is 2.64. The highest BCUT2D eigenvalue weighted by Gasteiger charge is 2.23. The van der Waals surface area contributed by atoms with Crippen molar-refractivity contribution in [3.05, 3.63) is 40.5 Å². The molecule has 2 N–H and O–H groups in total. The van der Waals surface area contributed by atoms with E-state index in [2.05, 4.69) is 17.6 Å². The van der Waals surface area contributed by atoms with Gasteiger partial charge in [-0.1, -0.05) is 25.8 Å². The topological polar surface area (TPSA) is 67.4 Å². The fourth-order valence-electron chi connectivity index (χ4n) is 3.44. The fraction of sp³-hybridized carbons (Fsp3) is 0.500. The number of hydrogen-bond acceptors (Lipinski definition) is 4. The predicted octanol–water partition coefficient (Wildman–Crippen LogP) is 3.93. The number of ether oxygens (including phenoxy) is 1. The van der Waals surface area contributed by atoms with Crippen LogP contribution < -0.4 is 10.6 Å². The van der Waals surface area contributed by atoms with E-state index in [4.69, 9.17) is 4.74 Å². The zero-order chi connectivity index (χ0) is 18.5. The smallest absolute Gasteiger partial charge is 0.265 e. The van der Waals surface area contributed by atoms with Gasteiger partial charge in [0.15, 0.2) is 0 Å². The molecule has 0 bridgehead atoms. The maximum Gasteiger partial charge on any atom is 0.265 e. The summed E-state index contributed by atoms with van der Waals surface area (Å²) in [4.78, 5) is 25.6. The van der Waals surface area contributed by atoms with Crippen molar-refractivity contribution >= 4 is 29.3 Å². The summed E-state index contributed by atoms with van der Waals surface area (Å²) in [5.41, 5.74) is 1.18. The van der Waals surface area contributed by atoms with Gasteiger partial charge in [-0.05, 0) is 43.9 Å². The van der Waals surface area contributed by atoms with Crippen LogP contribution in [0.4, 0.5) is 5.69 Å². The molecule has 1 aromatic rings. The molecule has 1 fully saturated rings. The fourth-order valence-corrected chi connectivity index (χ4v) is 4.25. The van der Waals surface area contributed by atoms with Crippen molar-refractivity contribution in [2.24, 2.45) is 5.92 Å². The molecule has 3 rings (SSSR count). The Labute approximate surface area is 158 Å². The molecule has 1 saturated carbocycles. The molecule has 0 saturated heterocycles. The lowest BCUT2D eigenvalue weighted by atomic mass is 9.86. The molecule has 26 heavy (non-hydrogen) atoms. The summed E-state index contributed by atoms with van der Waals surface area (Å²) in [6, 6.07) is 7.33. The van der Waals surface area contributed by atoms with Crippen LogP contribution in [0.3, 0.4) is 0 Å². The highest BCUT2D eigenvalue weighted by Crippen LogP contribution is 2.27. The van der Waals surface area contributed by atoms with Crippen LogP contribution in [0.15, 0.2) is 34.9 Å². The quantitative estimate of drug-likeness (QED) is 0.838. The summed E-state index contributed by atoms with van der Waals surface area (Å²) in [7, 11) is 0. The molecule has 1 heterocycles. The predicted molar refractivity (Wildman–Crippen MR) is 105 cm³/mol. The number of hydrogen-bond donors (Lipinski definition) is 2. The molecule has 5 nitrogen and oxygen atoms in total. The number of thioether (sulfide) groups is 1. The third kappa shape index (κ3) is 4.61. The second kappa shape index (κ2) is 8.62. The lowest BCUT2D eigenvalue weighted by Crippen LogP contribution is -2.41. The normalized spacial score (nSPS) is 23.2. The minimum Gasteiger partial charge on any atom is -0.496 e. The van der Waals surface area contributed by atoms with Crippen molar-refractivity contribution in [2.45, 2.75) is 45.6 Å². The molecule has 1 aliphatic carbocycles. The largest absolute Gasteiger partial charge is 0.496 e. The minimum atomic E-state index is -0.189. The molecule has 1 aromatic carbocycles. The van der Waals surface area contributed by atoms with Gasteiger partial charge in [0, 0.05) is 23.0 Å². The van der Waals surface area contributed by atoms with Crippen molar-refractivity contribution in [3.63, 3.8) is 0 Å². The molecule has 2 atom stereocenters. The molecule has 0 unspecified atom stereocenters. The number of allylic oxidation sites excluding steroid dienone is 1. The van der Waals surface area contributed by atoms with Crippen molar-refractivity contribution in [2.75, 3.05) is 17.7 Å². The van der Waals surface area contributed by atoms with Crippen LogP contribution in [-0.2, 0) is 9.53 Å². The first kappa shape index (κ1) is 18.8. The van der Waals surface area contributed by atoms with Crippen LogP contribution in [0.1, 0.15) is 49.9 Å². The molecule has 0 aromatic heterocycles. The van der Waals surface area contributed by atoms with Crippen LogP contribution in [0.5, 0.6) is 0 Å². The van der Waals surface area contributed by atoms with E-state index in [1.807, 2.05) is 0 Å². The number of carbonyl (C=O) groups is 2. The van der Waals surface area contributed by atoms with Gasteiger partial charge in [-0.15, -0.1) is 11.8 Å². The van der Waals surface area contributed by atoms with Crippen molar-refractivity contribution in [1.29, 1.82) is 0 Å². The summed E-state index contributed by atoms with van der Waals surface area (Å²) >= 11 is 1.50. The van der Waals surface area contributed by atoms with Gasteiger partial charge in [-0.3, -0.25) is 9.59 Å². The third-order valence-corrected chi connectivity index (χ3v) is 6.12. The Balaban J connectivity index is 1.66. The third-order valence-electron chi connectivity index (χ3n) is 4.98. The first-order chi connectivity index (χ1) is 12.5. The Morgan fingerprint density at radius 1 is 1.19 bits per heavy atom. The summed E-state index contributed by atoms with van der Waals surface area (Å²) in [6.45, 7) is 4.62. The number of anilines is 1. The molecule has 0 spiro atoms. The standard InChI is InChI=1S/C20H26N2O3S/c1-13-6-3-4-9-17(13)22-19(23)15-7-5-8-16(12-15)21-20(24)18-14(2)25-10-11-26-18/h5,7-8,12-13,17H,3-4,6,9-11H2,1-2H3,(H,21,24)(H,22,23)/t13-,17+/m0/s1. The number of carbonyl (C=O) groups excluding carboxylic acids is 2. The first-order valence-corrected chi connectivity index (χ1v) is 10.2. The van der Waals surface area contributed by atoms with Gasteiger partial charge in [-0.2, -0.15) is 0 Å². The van der Waals surface area contributed by atoms with Gasteiger partial charge in [0.1, 0.15) is 10.7 Å². The molecule has 2 aliphatic rings. The molecule has 0 radical (unpaired) electrons. The van der Waals surface area contributed by atoms with Crippen molar-refractivity contribution < 1.29 is 14.3 Å². The Bertz CT molecular complexity index is 717. The highest BCUT2D eigenvalue weighted by molar-refractivity contribution is 8.04. The van der Waals surface area contributed by atoms with Crippen LogP contribution in [0.25, 0.3) is 0 Å². The summed E-state index contributed by atoms with van der Waals surface area (Å²) in [5, 5.41) is 6.02. The van der Waals surface area contributed by atoms with Crippen LogP contribution in [0.2, 0.25) is 0 Å². The monoisotopic (exact) mass is 374 g/mol. The Kier molecular flexibility index (Phi) is 6.25. The average molecular weight is 375 g/mol. The van der Waals surface area contributed by atoms with E-state index in [1.54, 1.807) is 31.2 Å². The lowest BCUT2D eigenvalue weighted by Gasteiger charge is -2.29. The van der Waals surface area contributed by atoms with Gasteiger partial charge < -0.3 is 15.4 Å². The Hall–Kier alpha value is -1.95. The van der Waals surface area contributed by atoms with Gasteiger partial charge in [0.05, 0.1) is 6.61 Å². The summed E-state index contributed by atoms with van der Waals surface area (Å²) < 4.78 is 5.44. The first-order valence-electron chi connectivity index (χ1n) is 9.23. The molecule has 140 valence electrons. The van der Waals surface area contributed by atoms with E-state index in [0.29, 0.717) is 34.4 Å². The zero-order valence-corrected chi connectivity index (χ0v) is 16.2. The van der Waals surface area contributed by atoms with Crippen LogP contribution in [0, 0.1) is 5.92 Å². The van der Waals surface area contributed by atoms with Gasteiger partial charge in [0.2, 0.25) is 0 Å². The Morgan fingerprint density at radius 2 is 2.00 bits per heavy atom. The number of nitrogens with one attached hydrogen (secondary N) is 2. The lowest BCUT2D eigenvalue weighted by molar-refractivity contribution is -0.112. The number of amides is 2. The van der Waals surface area contributed by atoms with E-state index >= 15 is 0 Å². The number of benzene rings is 1. The highest BCUT2D eigenvalue weighted by atomic mass is 32.2. The Morgan fingerprint density at radius 3 is 2.77 bits per heavy atom. The van der Waals surface area contributed by atoms with Gasteiger partial charge in [-0.25, -0.2) is 0 Å². The number of rotatable bonds is 4. The van der Waals surface area contributed by atoms with E-state index in [-0.39, 0.29) is 17.9 Å². The summed E-state index contributed by atoms with van der Waals surface area (Å²) in [6.07, 6.45) is 4.61. The minimum absolute atomic E-state index is 0.0781. The summed E-state index contributed by atoms with van der Waals surface area (Å²) in [5.74, 6) is 1.66. The van der Waals surface area contributed by atoms with E-state index in [9.17, 15) is 9.59 Å². The molecular formula is C20H26N2O3S. The SMILES string of the molecule is CC1=C(C(=O)Nc2cccc(C(=O)N[C@@H]3CCCC[C@@H]3C)c2)SCCO1. The van der Waals surface area contributed by atoms with Crippen LogP contribution in [-0.4, -0.2) is 30.2 Å². The molecule has 1 aliphatic heterocycles. The molecule has 2 amide bonds. The zero-order valence-electron chi connectivity index (χ0n) is 15.3. The van der Waals surface area contributed by atoms with Crippen molar-refractivity contribution in [1.82, 2.24) is 5.32 Å². The van der Waals surface area contributed by atoms with E-state index in [0.717, 1.165) is 18.6 Å². The van der Waals surface area contributed by atoms with Gasteiger partial charge in [0.25, 0.3) is 11.8 Å². The van der Waals surface area contributed by atoms with E-state index in [1.165, 1.54) is 24.6 Å². The second-order valence-corrected chi connectivity index (χ2v) is 8.06. The molecular weight excluding hydrogens is 348 g/mol. The maximum atomic E-state index is 12.6. The molecule has 6 heteroatoms. The van der Waals surface area contributed by atoms with E-state index < -0.39 is 0 Å². The van der Waals surface area contributed by atoms with Crippen LogP contribution >= 0.6 is 11.8 Å². The maximum absolute atomic E-state index is 12.6.